The highest BCUT2D eigenvalue weighted by Crippen LogP contribution is 2.15. The number of rotatable bonds is 6. The summed E-state index contributed by atoms with van der Waals surface area (Å²) in [5.74, 6) is -0.669. The molecule has 0 saturated carbocycles. The number of carbonyl (C=O) groups excluding carboxylic acids is 1. The molecule has 2 aromatic carbocycles. The van der Waals surface area contributed by atoms with E-state index in [1.54, 1.807) is 24.3 Å². The van der Waals surface area contributed by atoms with Gasteiger partial charge in [0.1, 0.15) is 5.83 Å². The average molecular weight is 574 g/mol. The summed E-state index contributed by atoms with van der Waals surface area (Å²) in [7, 11) is -1.90. The number of amides is 1. The lowest BCUT2D eigenvalue weighted by Crippen LogP contribution is -2.11. The van der Waals surface area contributed by atoms with Crippen molar-refractivity contribution in [1.82, 2.24) is 0 Å². The molecule has 2 aromatic rings. The van der Waals surface area contributed by atoms with Crippen LogP contribution in [0.3, 0.4) is 0 Å². The van der Waals surface area contributed by atoms with E-state index in [0.29, 0.717) is 22.4 Å². The van der Waals surface area contributed by atoms with Crippen molar-refractivity contribution in [1.29, 1.82) is 10.5 Å². The van der Waals surface area contributed by atoms with E-state index in [0.717, 1.165) is 12.2 Å². The lowest BCUT2D eigenvalue weighted by atomic mass is 10.2. The van der Waals surface area contributed by atoms with Gasteiger partial charge in [-0.05, 0) is 86.0 Å². The molecule has 7 nitrogen and oxygen atoms in total. The molecule has 0 aliphatic rings. The van der Waals surface area contributed by atoms with E-state index in [4.69, 9.17) is 10.5 Å². The van der Waals surface area contributed by atoms with Gasteiger partial charge >= 0.3 is 6.09 Å². The molecule has 0 heterocycles. The van der Waals surface area contributed by atoms with Gasteiger partial charge in [0.05, 0.1) is 46.9 Å². The molecule has 0 aromatic heterocycles. The molecule has 0 fully saturated rings. The van der Waals surface area contributed by atoms with E-state index in [2.05, 4.69) is 16.6 Å². The second kappa shape index (κ2) is 20.7. The van der Waals surface area contributed by atoms with Crippen molar-refractivity contribution in [2.75, 3.05) is 18.2 Å². The van der Waals surface area contributed by atoms with Gasteiger partial charge in [0, 0.05) is 5.69 Å². The Labute approximate surface area is 237 Å². The van der Waals surface area contributed by atoms with Crippen molar-refractivity contribution in [2.24, 2.45) is 5.92 Å². The Morgan fingerprint density at radius 1 is 0.975 bits per heavy atom. The Balaban J connectivity index is 0. The fourth-order valence-corrected chi connectivity index (χ4v) is 4.02. The summed E-state index contributed by atoms with van der Waals surface area (Å²) < 4.78 is 52.3. The number of hydrogen-bond donors (Lipinski definition) is 1. The van der Waals surface area contributed by atoms with Crippen LogP contribution < -0.4 is 5.32 Å². The van der Waals surface area contributed by atoms with Gasteiger partial charge in [-0.3, -0.25) is 5.32 Å². The monoisotopic (exact) mass is 573 g/mol. The van der Waals surface area contributed by atoms with Crippen molar-refractivity contribution >= 4 is 21.6 Å². The van der Waals surface area contributed by atoms with Crippen LogP contribution in [0.25, 0.3) is 0 Å². The Hall–Kier alpha value is -4.28. The summed E-state index contributed by atoms with van der Waals surface area (Å²) in [6, 6.07) is 16.4. The fraction of sp³-hybridized carbons (Fsp3) is 0.300. The minimum atomic E-state index is -3.19. The zero-order chi connectivity index (χ0) is 31.3. The Morgan fingerprint density at radius 3 is 1.77 bits per heavy atom. The third kappa shape index (κ3) is 17.3. The first-order valence-electron chi connectivity index (χ1n) is 12.2. The van der Waals surface area contributed by atoms with Crippen molar-refractivity contribution < 1.29 is 26.7 Å². The summed E-state index contributed by atoms with van der Waals surface area (Å²) >= 11 is 0. The molecule has 0 aliphatic heterocycles. The quantitative estimate of drug-likeness (QED) is 0.349. The number of allylic oxidation sites excluding steroid dienone is 5. The molecule has 0 saturated heterocycles. The highest BCUT2D eigenvalue weighted by molar-refractivity contribution is 7.91. The van der Waals surface area contributed by atoms with Crippen LogP contribution in [0.1, 0.15) is 52.7 Å². The number of ether oxygens (including phenoxy) is 1. The van der Waals surface area contributed by atoms with Crippen LogP contribution in [0.5, 0.6) is 0 Å². The third-order valence-electron chi connectivity index (χ3n) is 4.21. The van der Waals surface area contributed by atoms with E-state index in [1.807, 2.05) is 39.8 Å². The summed E-state index contributed by atoms with van der Waals surface area (Å²) in [6.07, 6.45) is 1.59. The molecule has 0 spiro atoms. The number of sulfone groups is 1. The predicted octanol–water partition coefficient (Wildman–Crippen LogP) is 8.04. The molecule has 40 heavy (non-hydrogen) atoms. The fourth-order valence-electron chi connectivity index (χ4n) is 2.40. The first-order chi connectivity index (χ1) is 18.7. The number of nitrogens with one attached hydrogen (secondary N) is 1. The first kappa shape index (κ1) is 37.9. The Bertz CT molecular complexity index is 1310. The lowest BCUT2D eigenvalue weighted by Gasteiger charge is -2.06. The molecule has 0 atom stereocenters. The second-order valence-electron chi connectivity index (χ2n) is 8.17. The maximum absolute atomic E-state index is 12.4. The summed E-state index contributed by atoms with van der Waals surface area (Å²) in [6.45, 7) is 13.8. The number of methoxy groups -OCH3 is 1. The zero-order valence-electron chi connectivity index (χ0n) is 24.0. The minimum Gasteiger partial charge on any atom is -0.453 e. The third-order valence-corrected chi connectivity index (χ3v) is 6.30. The van der Waals surface area contributed by atoms with Crippen LogP contribution in [0.2, 0.25) is 0 Å². The summed E-state index contributed by atoms with van der Waals surface area (Å²) in [5.41, 5.74) is 1.93. The molecule has 10 heteroatoms. The number of benzene rings is 2. The molecule has 1 N–H and O–H groups in total. The van der Waals surface area contributed by atoms with Crippen molar-refractivity contribution in [3.63, 3.8) is 0 Å². The number of halogens is 2. The van der Waals surface area contributed by atoms with Crippen LogP contribution in [0.4, 0.5) is 19.3 Å². The van der Waals surface area contributed by atoms with Gasteiger partial charge in [0.25, 0.3) is 0 Å². The number of carbonyl (C=O) groups is 1. The normalized spacial score (nSPS) is 10.6. The Morgan fingerprint density at radius 2 is 1.43 bits per heavy atom. The molecule has 0 unspecified atom stereocenters. The van der Waals surface area contributed by atoms with Gasteiger partial charge < -0.3 is 4.74 Å². The van der Waals surface area contributed by atoms with Crippen molar-refractivity contribution in [3.8, 4) is 12.1 Å². The van der Waals surface area contributed by atoms with Gasteiger partial charge in [-0.15, -0.1) is 0 Å². The summed E-state index contributed by atoms with van der Waals surface area (Å²) in [4.78, 5) is 11.0. The van der Waals surface area contributed by atoms with Crippen molar-refractivity contribution in [2.45, 2.75) is 46.4 Å². The van der Waals surface area contributed by atoms with Crippen LogP contribution in [-0.2, 0) is 14.6 Å². The number of hydrogen-bond acceptors (Lipinski definition) is 6. The maximum atomic E-state index is 12.4. The standard InChI is InChI=1S/C11H13NO2S.C9H8N2O2.C8H10F2.C2H6/c1-9(2)8-15(13,14)11-5-3-10(7-12)4-6-11;1-13-9(12)11-8-4-2-7(6-10)3-5-8;1-6(2)8(10)5-4-7(3)9;1-2/h3-6,9H,8H2,1-2H3;2-5H,1H3,(H,11,12);4-5H,1H2,2-3H3;1-2H3/b;;7-4+,8-5+;. The highest BCUT2D eigenvalue weighted by atomic mass is 32.2. The second-order valence-corrected chi connectivity index (χ2v) is 10.2. The van der Waals surface area contributed by atoms with Gasteiger partial charge in [-0.2, -0.15) is 10.5 Å². The van der Waals surface area contributed by atoms with Crippen LogP contribution in [0.15, 0.2) is 89.4 Å². The van der Waals surface area contributed by atoms with E-state index >= 15 is 0 Å². The maximum Gasteiger partial charge on any atom is 0.411 e. The van der Waals surface area contributed by atoms with Crippen LogP contribution >= 0.6 is 0 Å². The SMILES string of the molecule is C=C(C)/C(F)=C\C=C(/C)F.CC.CC(C)CS(=O)(=O)c1ccc(C#N)cc1.COC(=O)Nc1ccc(C#N)cc1. The molecule has 2 rings (SSSR count). The highest BCUT2D eigenvalue weighted by Gasteiger charge is 2.15. The zero-order valence-corrected chi connectivity index (χ0v) is 24.8. The molecule has 0 aliphatic carbocycles. The molecular formula is C30H37F2N3O4S. The lowest BCUT2D eigenvalue weighted by molar-refractivity contribution is 0.187. The van der Waals surface area contributed by atoms with Gasteiger partial charge in [-0.25, -0.2) is 22.0 Å². The smallest absolute Gasteiger partial charge is 0.411 e. The van der Waals surface area contributed by atoms with E-state index in [-0.39, 0.29) is 16.6 Å². The minimum absolute atomic E-state index is 0.102. The van der Waals surface area contributed by atoms with Gasteiger partial charge in [0.15, 0.2) is 9.84 Å². The molecule has 0 radical (unpaired) electrons. The largest absolute Gasteiger partial charge is 0.453 e. The van der Waals surface area contributed by atoms with Crippen LogP contribution in [0, 0.1) is 28.6 Å². The van der Waals surface area contributed by atoms with Crippen LogP contribution in [-0.4, -0.2) is 27.4 Å². The van der Waals surface area contributed by atoms with Gasteiger partial charge in [-0.1, -0.05) is 34.3 Å². The predicted molar refractivity (Wildman–Crippen MR) is 155 cm³/mol. The number of nitriles is 2. The van der Waals surface area contributed by atoms with E-state index < -0.39 is 27.6 Å². The molecule has 1 amide bonds. The number of nitrogens with zero attached hydrogens (tertiary/aromatic N) is 2. The summed E-state index contributed by atoms with van der Waals surface area (Å²) in [5, 5.41) is 19.5. The molecule has 0 bridgehead atoms. The Kier molecular flexibility index (Phi) is 19.6. The van der Waals surface area contributed by atoms with E-state index in [9.17, 15) is 22.0 Å². The van der Waals surface area contributed by atoms with Crippen molar-refractivity contribution in [3.05, 3.63) is 95.6 Å². The topological polar surface area (TPSA) is 120 Å². The number of anilines is 1. The van der Waals surface area contributed by atoms with E-state index in [1.165, 1.54) is 45.2 Å². The molecule has 216 valence electrons. The molecular weight excluding hydrogens is 536 g/mol. The first-order valence-corrected chi connectivity index (χ1v) is 13.8. The average Bonchev–Trinajstić information content (AvgIpc) is 2.93. The van der Waals surface area contributed by atoms with Gasteiger partial charge in [0.2, 0.25) is 0 Å².